The molecule has 0 bridgehead atoms. The average Bonchev–Trinajstić information content (AvgIpc) is 2.48. The first-order chi connectivity index (χ1) is 10.3. The number of sulfonamides is 1. The molecular formula is C15H21Cl2N2O2S+. The molecule has 1 fully saturated rings. The number of hydrogen-bond acceptors (Lipinski definition) is 2. The molecular weight excluding hydrogens is 343 g/mol. The maximum atomic E-state index is 12.7. The zero-order valence-corrected chi connectivity index (χ0v) is 15.1. The number of rotatable bonds is 4. The van der Waals surface area contributed by atoms with E-state index in [1.165, 1.54) is 26.9 Å². The van der Waals surface area contributed by atoms with Crippen molar-refractivity contribution < 1.29 is 13.3 Å². The van der Waals surface area contributed by atoms with Crippen LogP contribution in [0.1, 0.15) is 13.8 Å². The number of hydrogen-bond donors (Lipinski definition) is 1. The van der Waals surface area contributed by atoms with Gasteiger partial charge in [0.2, 0.25) is 10.0 Å². The third-order valence-corrected chi connectivity index (χ3v) is 6.35. The van der Waals surface area contributed by atoms with E-state index in [2.05, 4.69) is 19.9 Å². The lowest BCUT2D eigenvalue weighted by Crippen LogP contribution is -3.14. The highest BCUT2D eigenvalue weighted by Crippen LogP contribution is 2.27. The minimum atomic E-state index is -3.58. The van der Waals surface area contributed by atoms with Crippen LogP contribution in [0.4, 0.5) is 0 Å². The van der Waals surface area contributed by atoms with Crippen molar-refractivity contribution >= 4 is 33.2 Å². The summed E-state index contributed by atoms with van der Waals surface area (Å²) >= 11 is 11.9. The van der Waals surface area contributed by atoms with Crippen LogP contribution >= 0.6 is 23.2 Å². The monoisotopic (exact) mass is 363 g/mol. The number of piperazine rings is 1. The second-order valence-corrected chi connectivity index (χ2v) is 8.46. The molecule has 0 spiro atoms. The van der Waals surface area contributed by atoms with Crippen molar-refractivity contribution in [3.05, 3.63) is 39.9 Å². The standard InChI is InChI=1S/C15H20Cl2N2O2S/c1-12(2)5-6-18-7-9-19(10-8-18)22(20,21)15-11-13(16)3-4-14(15)17/h3-5,11H,6-10H2,1-2H3/p+1. The Morgan fingerprint density at radius 3 is 2.50 bits per heavy atom. The maximum Gasteiger partial charge on any atom is 0.245 e. The topological polar surface area (TPSA) is 41.8 Å². The van der Waals surface area contributed by atoms with Crippen LogP contribution in [0.5, 0.6) is 0 Å². The van der Waals surface area contributed by atoms with Crippen LogP contribution in [0.15, 0.2) is 34.7 Å². The SMILES string of the molecule is CC(C)=CC[NH+]1CCN(S(=O)(=O)c2cc(Cl)ccc2Cl)CC1. The Morgan fingerprint density at radius 2 is 1.91 bits per heavy atom. The van der Waals surface area contributed by atoms with E-state index >= 15 is 0 Å². The van der Waals surface area contributed by atoms with E-state index in [-0.39, 0.29) is 9.92 Å². The molecule has 4 nitrogen and oxygen atoms in total. The van der Waals surface area contributed by atoms with Crippen molar-refractivity contribution in [3.8, 4) is 0 Å². The van der Waals surface area contributed by atoms with Crippen LogP contribution in [0.25, 0.3) is 0 Å². The van der Waals surface area contributed by atoms with Crippen molar-refractivity contribution in [2.24, 2.45) is 0 Å². The highest BCUT2D eigenvalue weighted by Gasteiger charge is 2.31. The Bertz CT molecular complexity index is 662. The summed E-state index contributed by atoms with van der Waals surface area (Å²) in [5, 5.41) is 0.583. The Labute approximate surface area is 142 Å². The van der Waals surface area contributed by atoms with Crippen LogP contribution < -0.4 is 4.90 Å². The fraction of sp³-hybridized carbons (Fsp3) is 0.467. The summed E-state index contributed by atoms with van der Waals surface area (Å²) in [6.45, 7) is 7.66. The van der Waals surface area contributed by atoms with Crippen molar-refractivity contribution in [1.82, 2.24) is 4.31 Å². The number of benzene rings is 1. The van der Waals surface area contributed by atoms with Crippen LogP contribution in [0.2, 0.25) is 10.0 Å². The van der Waals surface area contributed by atoms with Crippen LogP contribution in [-0.4, -0.2) is 45.4 Å². The summed E-state index contributed by atoms with van der Waals surface area (Å²) in [5.41, 5.74) is 1.29. The van der Waals surface area contributed by atoms with Gasteiger partial charge in [-0.25, -0.2) is 8.42 Å². The van der Waals surface area contributed by atoms with E-state index in [9.17, 15) is 8.42 Å². The summed E-state index contributed by atoms with van der Waals surface area (Å²) in [6.07, 6.45) is 2.19. The van der Waals surface area contributed by atoms with Gasteiger partial charge in [0.25, 0.3) is 0 Å². The molecule has 0 aliphatic carbocycles. The molecule has 1 saturated heterocycles. The minimum Gasteiger partial charge on any atom is -0.329 e. The van der Waals surface area contributed by atoms with Crippen molar-refractivity contribution in [1.29, 1.82) is 0 Å². The Morgan fingerprint density at radius 1 is 1.27 bits per heavy atom. The quantitative estimate of drug-likeness (QED) is 0.829. The molecule has 7 heteroatoms. The first kappa shape index (κ1) is 17.8. The number of allylic oxidation sites excluding steroid dienone is 1. The Balaban J connectivity index is 2.10. The molecule has 1 heterocycles. The molecule has 1 aliphatic rings. The van der Waals surface area contributed by atoms with Gasteiger partial charge in [0.15, 0.2) is 0 Å². The van der Waals surface area contributed by atoms with Gasteiger partial charge in [-0.05, 0) is 38.1 Å². The van der Waals surface area contributed by atoms with Gasteiger partial charge in [0.1, 0.15) is 4.90 Å². The molecule has 2 rings (SSSR count). The number of nitrogens with zero attached hydrogens (tertiary/aromatic N) is 1. The van der Waals surface area contributed by atoms with E-state index in [1.807, 2.05) is 0 Å². The number of quaternary nitrogens is 1. The van der Waals surface area contributed by atoms with Gasteiger partial charge < -0.3 is 4.90 Å². The molecule has 1 N–H and O–H groups in total. The van der Waals surface area contributed by atoms with Crippen molar-refractivity contribution in [3.63, 3.8) is 0 Å². The van der Waals surface area contributed by atoms with Gasteiger partial charge in [-0.15, -0.1) is 0 Å². The Hall–Kier alpha value is -0.590. The van der Waals surface area contributed by atoms with E-state index < -0.39 is 10.0 Å². The van der Waals surface area contributed by atoms with Crippen LogP contribution in [0.3, 0.4) is 0 Å². The maximum absolute atomic E-state index is 12.7. The summed E-state index contributed by atoms with van der Waals surface area (Å²) < 4.78 is 26.9. The zero-order valence-electron chi connectivity index (χ0n) is 12.8. The minimum absolute atomic E-state index is 0.0921. The van der Waals surface area contributed by atoms with Gasteiger partial charge in [0, 0.05) is 5.02 Å². The van der Waals surface area contributed by atoms with E-state index in [0.29, 0.717) is 18.1 Å². The molecule has 0 radical (unpaired) electrons. The molecule has 1 aliphatic heterocycles. The van der Waals surface area contributed by atoms with E-state index in [1.54, 1.807) is 6.07 Å². The number of nitrogens with one attached hydrogen (secondary N) is 1. The van der Waals surface area contributed by atoms with Crippen LogP contribution in [0, 0.1) is 0 Å². The average molecular weight is 364 g/mol. The van der Waals surface area contributed by atoms with Gasteiger partial charge in [-0.2, -0.15) is 4.31 Å². The molecule has 0 atom stereocenters. The van der Waals surface area contributed by atoms with Gasteiger partial charge in [-0.3, -0.25) is 0 Å². The third-order valence-electron chi connectivity index (χ3n) is 3.74. The summed E-state index contributed by atoms with van der Waals surface area (Å²) in [6, 6.07) is 4.53. The Kier molecular flexibility index (Phi) is 5.91. The predicted octanol–water partition coefficient (Wildman–Crippen LogP) is 1.85. The van der Waals surface area contributed by atoms with E-state index in [0.717, 1.165) is 19.6 Å². The molecule has 1 aromatic rings. The summed E-state index contributed by atoms with van der Waals surface area (Å²) in [7, 11) is -3.58. The van der Waals surface area contributed by atoms with E-state index in [4.69, 9.17) is 23.2 Å². The normalized spacial score (nSPS) is 17.5. The molecule has 0 aromatic heterocycles. The van der Waals surface area contributed by atoms with Crippen molar-refractivity contribution in [2.75, 3.05) is 32.7 Å². The molecule has 122 valence electrons. The second-order valence-electron chi connectivity index (χ2n) is 5.71. The summed E-state index contributed by atoms with van der Waals surface area (Å²) in [5.74, 6) is 0. The lowest BCUT2D eigenvalue weighted by atomic mass is 10.3. The first-order valence-corrected chi connectivity index (χ1v) is 9.42. The van der Waals surface area contributed by atoms with Gasteiger partial charge >= 0.3 is 0 Å². The smallest absolute Gasteiger partial charge is 0.245 e. The molecule has 0 saturated carbocycles. The zero-order chi connectivity index (χ0) is 16.3. The lowest BCUT2D eigenvalue weighted by molar-refractivity contribution is -0.897. The highest BCUT2D eigenvalue weighted by atomic mass is 35.5. The first-order valence-electron chi connectivity index (χ1n) is 7.23. The largest absolute Gasteiger partial charge is 0.329 e. The molecule has 0 unspecified atom stereocenters. The molecule has 1 aromatic carbocycles. The fourth-order valence-electron chi connectivity index (χ4n) is 2.41. The van der Waals surface area contributed by atoms with Gasteiger partial charge in [-0.1, -0.05) is 28.8 Å². The lowest BCUT2D eigenvalue weighted by Gasteiger charge is -2.31. The molecule has 22 heavy (non-hydrogen) atoms. The predicted molar refractivity (Wildman–Crippen MR) is 90.2 cm³/mol. The molecule has 0 amide bonds. The number of halogens is 2. The van der Waals surface area contributed by atoms with Crippen LogP contribution in [-0.2, 0) is 10.0 Å². The highest BCUT2D eigenvalue weighted by molar-refractivity contribution is 7.89. The van der Waals surface area contributed by atoms with Crippen molar-refractivity contribution in [2.45, 2.75) is 18.7 Å². The van der Waals surface area contributed by atoms with Gasteiger partial charge in [0.05, 0.1) is 37.7 Å². The fourth-order valence-corrected chi connectivity index (χ4v) is 4.59. The third kappa shape index (κ3) is 4.24. The summed E-state index contributed by atoms with van der Waals surface area (Å²) in [4.78, 5) is 1.49. The second kappa shape index (κ2) is 7.32.